The number of hydrogen-bond donors (Lipinski definition) is 0. The van der Waals surface area contributed by atoms with Gasteiger partial charge in [0, 0.05) is 38.6 Å². The Hall–Kier alpha value is -3.03. The van der Waals surface area contributed by atoms with Crippen LogP contribution in [0.4, 0.5) is 10.6 Å². The van der Waals surface area contributed by atoms with Crippen LogP contribution in [0.2, 0.25) is 0 Å². The lowest BCUT2D eigenvalue weighted by Gasteiger charge is -2.41. The summed E-state index contributed by atoms with van der Waals surface area (Å²) in [5, 5.41) is 0.983. The quantitative estimate of drug-likeness (QED) is 0.740. The molecule has 2 aliphatic heterocycles. The number of fused-ring (bicyclic) bond motifs is 1. The molecule has 0 bridgehead atoms. The van der Waals surface area contributed by atoms with E-state index in [2.05, 4.69) is 11.0 Å². The number of ether oxygens (including phenoxy) is 2. The molecule has 2 saturated heterocycles. The fourth-order valence-corrected chi connectivity index (χ4v) is 4.46. The van der Waals surface area contributed by atoms with Gasteiger partial charge in [-0.1, -0.05) is 0 Å². The zero-order valence-corrected chi connectivity index (χ0v) is 17.5. The molecule has 0 aliphatic carbocycles. The van der Waals surface area contributed by atoms with Gasteiger partial charge in [-0.15, -0.1) is 0 Å². The molecule has 0 radical (unpaired) electrons. The van der Waals surface area contributed by atoms with Gasteiger partial charge < -0.3 is 19.3 Å². The number of amides is 3. The number of likely N-dealkylation sites (N-methyl/N-ethyl adjacent to an activating group) is 2. The molecule has 0 N–H and O–H groups in total. The van der Waals surface area contributed by atoms with Gasteiger partial charge in [0.1, 0.15) is 28.4 Å². The van der Waals surface area contributed by atoms with E-state index in [1.54, 1.807) is 33.2 Å². The molecule has 1 aromatic heterocycles. The van der Waals surface area contributed by atoms with Crippen LogP contribution in [0, 0.1) is 6.92 Å². The van der Waals surface area contributed by atoms with Crippen LogP contribution in [0.25, 0.3) is 10.9 Å². The van der Waals surface area contributed by atoms with E-state index in [-0.39, 0.29) is 11.9 Å². The lowest BCUT2D eigenvalue weighted by atomic mass is 9.86. The first-order valence-electron chi connectivity index (χ1n) is 9.66. The highest BCUT2D eigenvalue weighted by Crippen LogP contribution is 2.38. The molecule has 2 fully saturated rings. The molecule has 0 atom stereocenters. The molecule has 8 nitrogen and oxygen atoms in total. The van der Waals surface area contributed by atoms with E-state index in [1.165, 1.54) is 4.90 Å². The Kier molecular flexibility index (Phi) is 4.52. The van der Waals surface area contributed by atoms with Crippen molar-refractivity contribution in [3.8, 4) is 11.5 Å². The van der Waals surface area contributed by atoms with Crippen LogP contribution >= 0.6 is 0 Å². The van der Waals surface area contributed by atoms with Gasteiger partial charge >= 0.3 is 6.03 Å². The van der Waals surface area contributed by atoms with Crippen LogP contribution in [-0.2, 0) is 4.79 Å². The van der Waals surface area contributed by atoms with E-state index in [1.807, 2.05) is 19.1 Å². The lowest BCUT2D eigenvalue weighted by molar-refractivity contribution is -0.133. The summed E-state index contributed by atoms with van der Waals surface area (Å²) in [7, 11) is 6.52. The number of methoxy groups -OCH3 is 2. The predicted molar refractivity (Wildman–Crippen MR) is 110 cm³/mol. The number of anilines is 1. The number of hydrogen-bond acceptors (Lipinski definition) is 6. The fraction of sp³-hybridized carbons (Fsp3) is 0.476. The molecule has 3 amide bonds. The number of carbonyl (C=O) groups is 2. The molecule has 1 aromatic carbocycles. The second kappa shape index (κ2) is 6.79. The largest absolute Gasteiger partial charge is 0.497 e. The van der Waals surface area contributed by atoms with E-state index in [0.717, 1.165) is 28.0 Å². The van der Waals surface area contributed by atoms with Gasteiger partial charge in [0.25, 0.3) is 5.91 Å². The normalized spacial score (nSPS) is 18.9. The molecule has 154 valence electrons. The molecule has 1 spiro atoms. The van der Waals surface area contributed by atoms with Crippen LogP contribution in [0.3, 0.4) is 0 Å². The van der Waals surface area contributed by atoms with E-state index in [9.17, 15) is 9.59 Å². The average molecular weight is 398 g/mol. The average Bonchev–Trinajstić information content (AvgIpc) is 2.89. The molecular weight excluding hydrogens is 372 g/mol. The first-order valence-corrected chi connectivity index (χ1v) is 9.66. The first kappa shape index (κ1) is 19.3. The van der Waals surface area contributed by atoms with Gasteiger partial charge in [0.15, 0.2) is 0 Å². The number of benzene rings is 1. The van der Waals surface area contributed by atoms with Gasteiger partial charge in [0.2, 0.25) is 0 Å². The van der Waals surface area contributed by atoms with E-state index < -0.39 is 5.54 Å². The number of rotatable bonds is 3. The third-order valence-electron chi connectivity index (χ3n) is 6.33. The molecule has 2 aliphatic rings. The number of aryl methyl sites for hydroxylation is 1. The van der Waals surface area contributed by atoms with Gasteiger partial charge in [0.05, 0.1) is 14.2 Å². The molecular formula is C21H26N4O4. The summed E-state index contributed by atoms with van der Waals surface area (Å²) >= 11 is 0. The Bertz CT molecular complexity index is 998. The van der Waals surface area contributed by atoms with Crippen molar-refractivity contribution < 1.29 is 19.1 Å². The van der Waals surface area contributed by atoms with Crippen molar-refractivity contribution in [3.63, 3.8) is 0 Å². The maximum Gasteiger partial charge on any atom is 0.327 e. The monoisotopic (exact) mass is 398 g/mol. The van der Waals surface area contributed by atoms with Gasteiger partial charge in [-0.3, -0.25) is 9.69 Å². The topological polar surface area (TPSA) is 75.2 Å². The third kappa shape index (κ3) is 2.77. The van der Waals surface area contributed by atoms with Crippen LogP contribution in [0.1, 0.15) is 18.4 Å². The number of imide groups is 1. The number of pyridine rings is 1. The summed E-state index contributed by atoms with van der Waals surface area (Å²) in [6.45, 7) is 3.33. The summed E-state index contributed by atoms with van der Waals surface area (Å²) in [6, 6.07) is 5.61. The minimum atomic E-state index is -0.737. The highest BCUT2D eigenvalue weighted by atomic mass is 16.5. The summed E-state index contributed by atoms with van der Waals surface area (Å²) in [6.07, 6.45) is 1.16. The molecule has 0 saturated carbocycles. The molecule has 0 unspecified atom stereocenters. The SMILES string of the molecule is COc1cc(OC)c2nc(N3CCC4(CC3)C(=O)N(C)C(=O)N4C)cc(C)c2c1. The van der Waals surface area contributed by atoms with Crippen LogP contribution < -0.4 is 14.4 Å². The van der Waals surface area contributed by atoms with Crippen molar-refractivity contribution in [2.45, 2.75) is 25.3 Å². The van der Waals surface area contributed by atoms with Crippen LogP contribution in [0.5, 0.6) is 11.5 Å². The van der Waals surface area contributed by atoms with Gasteiger partial charge in [-0.25, -0.2) is 9.78 Å². The summed E-state index contributed by atoms with van der Waals surface area (Å²) < 4.78 is 10.9. The van der Waals surface area contributed by atoms with Crippen molar-refractivity contribution in [2.24, 2.45) is 0 Å². The van der Waals surface area contributed by atoms with Crippen molar-refractivity contribution in [3.05, 3.63) is 23.8 Å². The van der Waals surface area contributed by atoms with Gasteiger partial charge in [-0.2, -0.15) is 0 Å². The Morgan fingerprint density at radius 3 is 2.28 bits per heavy atom. The lowest BCUT2D eigenvalue weighted by Crippen LogP contribution is -2.55. The zero-order chi connectivity index (χ0) is 20.9. The van der Waals surface area contributed by atoms with Crippen molar-refractivity contribution in [1.29, 1.82) is 0 Å². The zero-order valence-electron chi connectivity index (χ0n) is 17.5. The maximum atomic E-state index is 12.7. The van der Waals surface area contributed by atoms with E-state index in [0.29, 0.717) is 31.7 Å². The Labute approximate surface area is 170 Å². The highest BCUT2D eigenvalue weighted by Gasteiger charge is 2.55. The van der Waals surface area contributed by atoms with Crippen LogP contribution in [-0.4, -0.2) is 73.7 Å². The summed E-state index contributed by atoms with van der Waals surface area (Å²) in [5.41, 5.74) is 1.12. The van der Waals surface area contributed by atoms with Crippen molar-refractivity contribution in [2.75, 3.05) is 46.3 Å². The fourth-order valence-electron chi connectivity index (χ4n) is 4.46. The van der Waals surface area contributed by atoms with E-state index in [4.69, 9.17) is 14.5 Å². The molecule has 29 heavy (non-hydrogen) atoms. The van der Waals surface area contributed by atoms with Crippen molar-refractivity contribution >= 4 is 28.7 Å². The molecule has 2 aromatic rings. The summed E-state index contributed by atoms with van der Waals surface area (Å²) in [4.78, 5) is 34.8. The summed E-state index contributed by atoms with van der Waals surface area (Å²) in [5.74, 6) is 2.13. The Morgan fingerprint density at radius 2 is 1.72 bits per heavy atom. The second-order valence-corrected chi connectivity index (χ2v) is 7.75. The maximum absolute atomic E-state index is 12.7. The molecule has 3 heterocycles. The minimum Gasteiger partial charge on any atom is -0.497 e. The van der Waals surface area contributed by atoms with Gasteiger partial charge in [-0.05, 0) is 37.5 Å². The molecule has 4 rings (SSSR count). The second-order valence-electron chi connectivity index (χ2n) is 7.75. The van der Waals surface area contributed by atoms with Crippen molar-refractivity contribution in [1.82, 2.24) is 14.8 Å². The highest BCUT2D eigenvalue weighted by molar-refractivity contribution is 6.06. The smallest absolute Gasteiger partial charge is 0.327 e. The standard InChI is InChI=1S/C21H26N4O4/c1-13-10-17(22-18-15(13)11-14(28-4)12-16(18)29-5)25-8-6-21(7-9-25)19(26)23(2)20(27)24(21)3/h10-12H,6-9H2,1-5H3. The number of aromatic nitrogens is 1. The number of nitrogens with zero attached hydrogens (tertiary/aromatic N) is 4. The van der Waals surface area contributed by atoms with Crippen LogP contribution in [0.15, 0.2) is 18.2 Å². The predicted octanol–water partition coefficient (Wildman–Crippen LogP) is 2.42. The first-order chi connectivity index (χ1) is 13.8. The number of urea groups is 1. The number of carbonyl (C=O) groups excluding carboxylic acids is 2. The Morgan fingerprint density at radius 1 is 1.03 bits per heavy atom. The minimum absolute atomic E-state index is 0.110. The Balaban J connectivity index is 1.65. The molecule has 8 heteroatoms. The third-order valence-corrected chi connectivity index (χ3v) is 6.33. The van der Waals surface area contributed by atoms with E-state index >= 15 is 0 Å². The number of piperidine rings is 1.